The molecule has 1 fully saturated rings. The van der Waals surface area contributed by atoms with Crippen molar-refractivity contribution in [3.05, 3.63) is 18.0 Å². The van der Waals surface area contributed by atoms with Crippen molar-refractivity contribution in [3.8, 4) is 0 Å². The van der Waals surface area contributed by atoms with Crippen molar-refractivity contribution in [2.24, 2.45) is 5.92 Å². The van der Waals surface area contributed by atoms with Gasteiger partial charge in [-0.05, 0) is 43.8 Å². The minimum Gasteiger partial charge on any atom is -0.354 e. The largest absolute Gasteiger partial charge is 0.354 e. The van der Waals surface area contributed by atoms with Gasteiger partial charge in [-0.1, -0.05) is 13.8 Å². The number of anilines is 1. The van der Waals surface area contributed by atoms with Crippen LogP contribution >= 0.6 is 0 Å². The van der Waals surface area contributed by atoms with Gasteiger partial charge in [0, 0.05) is 18.4 Å². The van der Waals surface area contributed by atoms with Crippen molar-refractivity contribution in [1.29, 1.82) is 0 Å². The number of hydrogen-bond acceptors (Lipinski definition) is 4. The molecule has 94 valence electrons. The number of aromatic nitrogens is 2. The third-order valence-corrected chi connectivity index (χ3v) is 3.28. The molecule has 2 rings (SSSR count). The van der Waals surface area contributed by atoms with E-state index in [0.717, 1.165) is 37.2 Å². The van der Waals surface area contributed by atoms with E-state index < -0.39 is 0 Å². The van der Waals surface area contributed by atoms with E-state index >= 15 is 0 Å². The Balaban J connectivity index is 1.87. The summed E-state index contributed by atoms with van der Waals surface area (Å²) in [5.74, 6) is 1.98. The van der Waals surface area contributed by atoms with Gasteiger partial charge in [-0.25, -0.2) is 9.97 Å². The number of nitrogens with one attached hydrogen (secondary N) is 2. The molecular weight excluding hydrogens is 212 g/mol. The lowest BCUT2D eigenvalue weighted by Gasteiger charge is -2.22. The van der Waals surface area contributed by atoms with E-state index in [1.165, 1.54) is 12.8 Å². The van der Waals surface area contributed by atoms with Crippen LogP contribution in [0.5, 0.6) is 0 Å². The summed E-state index contributed by atoms with van der Waals surface area (Å²) < 4.78 is 0. The van der Waals surface area contributed by atoms with Gasteiger partial charge in [-0.15, -0.1) is 0 Å². The molecule has 0 amide bonds. The fraction of sp³-hybridized carbons (Fsp3) is 0.692. The first-order chi connectivity index (χ1) is 8.25. The average molecular weight is 234 g/mol. The van der Waals surface area contributed by atoms with Crippen LogP contribution < -0.4 is 10.6 Å². The van der Waals surface area contributed by atoms with Crippen LogP contribution in [0.1, 0.15) is 38.3 Å². The predicted octanol–water partition coefficient (Wildman–Crippen LogP) is 2.01. The van der Waals surface area contributed by atoms with Crippen LogP contribution in [0, 0.1) is 5.92 Å². The normalized spacial score (nSPS) is 17.4. The second-order valence-corrected chi connectivity index (χ2v) is 5.03. The summed E-state index contributed by atoms with van der Waals surface area (Å²) in [6.07, 6.45) is 4.33. The van der Waals surface area contributed by atoms with E-state index in [1.54, 1.807) is 0 Å². The summed E-state index contributed by atoms with van der Waals surface area (Å²) in [5, 5.41) is 6.74. The van der Waals surface area contributed by atoms with Gasteiger partial charge >= 0.3 is 0 Å². The lowest BCUT2D eigenvalue weighted by Crippen LogP contribution is -2.31. The van der Waals surface area contributed by atoms with E-state index in [9.17, 15) is 0 Å². The maximum Gasteiger partial charge on any atom is 0.222 e. The van der Waals surface area contributed by atoms with E-state index in [1.807, 2.05) is 12.3 Å². The second kappa shape index (κ2) is 5.96. The summed E-state index contributed by atoms with van der Waals surface area (Å²) in [4.78, 5) is 8.79. The Labute approximate surface area is 103 Å². The summed E-state index contributed by atoms with van der Waals surface area (Å²) >= 11 is 0. The van der Waals surface area contributed by atoms with Crippen LogP contribution in [0.2, 0.25) is 0 Å². The van der Waals surface area contributed by atoms with E-state index in [0.29, 0.717) is 5.92 Å². The van der Waals surface area contributed by atoms with Crippen molar-refractivity contribution >= 4 is 5.95 Å². The lowest BCUT2D eigenvalue weighted by atomic mass is 9.98. The van der Waals surface area contributed by atoms with E-state index in [2.05, 4.69) is 34.4 Å². The molecule has 0 saturated carbocycles. The van der Waals surface area contributed by atoms with Crippen molar-refractivity contribution in [2.75, 3.05) is 25.0 Å². The zero-order valence-corrected chi connectivity index (χ0v) is 10.7. The molecule has 1 aromatic heterocycles. The molecule has 2 heterocycles. The molecule has 17 heavy (non-hydrogen) atoms. The Morgan fingerprint density at radius 3 is 2.88 bits per heavy atom. The van der Waals surface area contributed by atoms with Crippen LogP contribution in [-0.4, -0.2) is 29.6 Å². The number of nitrogens with zero attached hydrogens (tertiary/aromatic N) is 2. The second-order valence-electron chi connectivity index (χ2n) is 5.03. The first-order valence-corrected chi connectivity index (χ1v) is 6.53. The third kappa shape index (κ3) is 3.66. The van der Waals surface area contributed by atoms with Crippen LogP contribution in [-0.2, 0) is 0 Å². The summed E-state index contributed by atoms with van der Waals surface area (Å²) in [5.41, 5.74) is 1.10. The van der Waals surface area contributed by atoms with Gasteiger partial charge in [-0.2, -0.15) is 0 Å². The van der Waals surface area contributed by atoms with Gasteiger partial charge in [0.15, 0.2) is 0 Å². The summed E-state index contributed by atoms with van der Waals surface area (Å²) in [6.45, 7) is 7.57. The molecule has 1 aliphatic heterocycles. The predicted molar refractivity (Wildman–Crippen MR) is 70.2 cm³/mol. The van der Waals surface area contributed by atoms with Gasteiger partial charge in [0.25, 0.3) is 0 Å². The van der Waals surface area contributed by atoms with Crippen LogP contribution in [0.25, 0.3) is 0 Å². The molecule has 1 aliphatic rings. The van der Waals surface area contributed by atoms with Gasteiger partial charge in [0.2, 0.25) is 5.95 Å². The SMILES string of the molecule is CC(C)c1ccnc(NCC2CCNCC2)n1. The van der Waals surface area contributed by atoms with Crippen molar-refractivity contribution in [1.82, 2.24) is 15.3 Å². The minimum atomic E-state index is 0.456. The van der Waals surface area contributed by atoms with Crippen LogP contribution in [0.15, 0.2) is 12.3 Å². The highest BCUT2D eigenvalue weighted by Gasteiger charge is 2.13. The zero-order chi connectivity index (χ0) is 12.1. The lowest BCUT2D eigenvalue weighted by molar-refractivity contribution is 0.389. The molecule has 4 nitrogen and oxygen atoms in total. The van der Waals surface area contributed by atoms with Gasteiger partial charge in [0.1, 0.15) is 0 Å². The Bertz CT molecular complexity index is 345. The van der Waals surface area contributed by atoms with Crippen LogP contribution in [0.4, 0.5) is 5.95 Å². The van der Waals surface area contributed by atoms with E-state index in [-0.39, 0.29) is 0 Å². The molecule has 0 unspecified atom stereocenters. The maximum absolute atomic E-state index is 4.52. The van der Waals surface area contributed by atoms with Gasteiger partial charge in [-0.3, -0.25) is 0 Å². The molecule has 0 spiro atoms. The molecule has 0 radical (unpaired) electrons. The molecule has 0 atom stereocenters. The molecule has 1 aromatic rings. The Kier molecular flexibility index (Phi) is 4.31. The first kappa shape index (κ1) is 12.3. The number of rotatable bonds is 4. The average Bonchev–Trinajstić information content (AvgIpc) is 2.38. The summed E-state index contributed by atoms with van der Waals surface area (Å²) in [7, 11) is 0. The molecule has 0 bridgehead atoms. The molecule has 4 heteroatoms. The van der Waals surface area contributed by atoms with Crippen molar-refractivity contribution in [2.45, 2.75) is 32.6 Å². The highest BCUT2D eigenvalue weighted by atomic mass is 15.1. The van der Waals surface area contributed by atoms with Crippen molar-refractivity contribution in [3.63, 3.8) is 0 Å². The van der Waals surface area contributed by atoms with Gasteiger partial charge in [0.05, 0.1) is 0 Å². The number of hydrogen-bond donors (Lipinski definition) is 2. The molecule has 0 aromatic carbocycles. The fourth-order valence-corrected chi connectivity index (χ4v) is 2.10. The van der Waals surface area contributed by atoms with Crippen LogP contribution in [0.3, 0.4) is 0 Å². The van der Waals surface area contributed by atoms with Gasteiger partial charge < -0.3 is 10.6 Å². The Hall–Kier alpha value is -1.16. The Morgan fingerprint density at radius 1 is 1.41 bits per heavy atom. The first-order valence-electron chi connectivity index (χ1n) is 6.53. The quantitative estimate of drug-likeness (QED) is 0.836. The number of piperidine rings is 1. The molecule has 0 aliphatic carbocycles. The monoisotopic (exact) mass is 234 g/mol. The smallest absolute Gasteiger partial charge is 0.222 e. The Morgan fingerprint density at radius 2 is 2.18 bits per heavy atom. The molecule has 1 saturated heterocycles. The van der Waals surface area contributed by atoms with Crippen molar-refractivity contribution < 1.29 is 0 Å². The molecular formula is C13H22N4. The fourth-order valence-electron chi connectivity index (χ4n) is 2.10. The van der Waals surface area contributed by atoms with E-state index in [4.69, 9.17) is 0 Å². The zero-order valence-electron chi connectivity index (χ0n) is 10.7. The summed E-state index contributed by atoms with van der Waals surface area (Å²) in [6, 6.07) is 1.99. The molecule has 2 N–H and O–H groups in total. The highest BCUT2D eigenvalue weighted by molar-refractivity contribution is 5.26. The third-order valence-electron chi connectivity index (χ3n) is 3.28. The topological polar surface area (TPSA) is 49.8 Å². The maximum atomic E-state index is 4.52. The minimum absolute atomic E-state index is 0.456. The highest BCUT2D eigenvalue weighted by Crippen LogP contribution is 2.14. The standard InChI is InChI=1S/C13H22N4/c1-10(2)12-5-8-15-13(17-12)16-9-11-3-6-14-7-4-11/h5,8,10-11,14H,3-4,6-7,9H2,1-2H3,(H,15,16,17).